The van der Waals surface area contributed by atoms with Crippen molar-refractivity contribution in [3.63, 3.8) is 0 Å². The molecule has 0 aromatic heterocycles. The molecule has 0 radical (unpaired) electrons. The lowest BCUT2D eigenvalue weighted by molar-refractivity contribution is -0.390. The summed E-state index contributed by atoms with van der Waals surface area (Å²) in [6.07, 6.45) is 15.2. The summed E-state index contributed by atoms with van der Waals surface area (Å²) < 4.78 is 13.1. The van der Waals surface area contributed by atoms with Gasteiger partial charge in [-0.15, -0.1) is 0 Å². The summed E-state index contributed by atoms with van der Waals surface area (Å²) >= 11 is 0. The van der Waals surface area contributed by atoms with Gasteiger partial charge in [0.2, 0.25) is 11.6 Å². The standard InChI is InChI=1S/C28H39NO4/c29-24-3-7-26(8-4-24)30-25-5-1-20(2-6-25)21-9-11-27(12-10-21)31-28(33-32-27)22-14-18-13-19(16-22)17-23(28)15-18/h1-2,5-6,18-19,21-24,26H,3-4,7-17,29H2/t18?,19?,21-,22?,23?,24?,26?,27+,28-. The van der Waals surface area contributed by atoms with E-state index in [9.17, 15) is 0 Å². The Bertz CT molecular complexity index is 825. The second-order valence-electron chi connectivity index (χ2n) is 12.2. The van der Waals surface area contributed by atoms with E-state index >= 15 is 0 Å². The maximum atomic E-state index is 6.88. The van der Waals surface area contributed by atoms with Crippen molar-refractivity contribution < 1.29 is 19.2 Å². The van der Waals surface area contributed by atoms with E-state index in [2.05, 4.69) is 24.3 Å². The van der Waals surface area contributed by atoms with Crippen molar-refractivity contribution in [3.05, 3.63) is 29.8 Å². The first-order chi connectivity index (χ1) is 16.1. The van der Waals surface area contributed by atoms with Crippen LogP contribution in [-0.2, 0) is 14.5 Å². The highest BCUT2D eigenvalue weighted by atomic mass is 17.3. The van der Waals surface area contributed by atoms with Crippen LogP contribution in [0.5, 0.6) is 5.75 Å². The highest BCUT2D eigenvalue weighted by Crippen LogP contribution is 2.64. The zero-order valence-electron chi connectivity index (χ0n) is 19.8. The maximum Gasteiger partial charge on any atom is 0.210 e. The third kappa shape index (κ3) is 3.65. The monoisotopic (exact) mass is 453 g/mol. The number of ether oxygens (including phenoxy) is 2. The van der Waals surface area contributed by atoms with E-state index in [1.165, 1.54) is 37.7 Å². The minimum Gasteiger partial charge on any atom is -0.490 e. The van der Waals surface area contributed by atoms with Crippen molar-refractivity contribution in [2.45, 2.75) is 113 Å². The Kier molecular flexibility index (Phi) is 5.09. The Balaban J connectivity index is 0.970. The zero-order chi connectivity index (χ0) is 22.0. The van der Waals surface area contributed by atoms with Gasteiger partial charge in [0, 0.05) is 30.7 Å². The van der Waals surface area contributed by atoms with Gasteiger partial charge >= 0.3 is 0 Å². The number of rotatable bonds is 3. The summed E-state index contributed by atoms with van der Waals surface area (Å²) in [5, 5.41) is 0. The lowest BCUT2D eigenvalue weighted by atomic mass is 9.53. The predicted octanol–water partition coefficient (Wildman–Crippen LogP) is 5.82. The molecule has 0 amide bonds. The van der Waals surface area contributed by atoms with Crippen molar-refractivity contribution in [1.82, 2.24) is 0 Å². The molecule has 2 N–H and O–H groups in total. The smallest absolute Gasteiger partial charge is 0.210 e. The summed E-state index contributed by atoms with van der Waals surface area (Å²) in [5.74, 6) is 3.47. The molecule has 5 nitrogen and oxygen atoms in total. The Morgan fingerprint density at radius 3 is 2.03 bits per heavy atom. The average molecular weight is 454 g/mol. The molecule has 180 valence electrons. The van der Waals surface area contributed by atoms with Gasteiger partial charge in [0.25, 0.3) is 0 Å². The van der Waals surface area contributed by atoms with Crippen molar-refractivity contribution in [2.24, 2.45) is 29.4 Å². The Labute approximate surface area is 197 Å². The van der Waals surface area contributed by atoms with Crippen LogP contribution >= 0.6 is 0 Å². The quantitative estimate of drug-likeness (QED) is 0.584. The molecule has 1 aliphatic heterocycles. The van der Waals surface area contributed by atoms with Gasteiger partial charge in [0.15, 0.2) is 0 Å². The molecule has 6 saturated carbocycles. The van der Waals surface area contributed by atoms with E-state index in [-0.39, 0.29) is 0 Å². The van der Waals surface area contributed by atoms with Crippen molar-refractivity contribution in [2.75, 3.05) is 0 Å². The third-order valence-corrected chi connectivity index (χ3v) is 10.1. The molecule has 1 saturated heterocycles. The Hall–Kier alpha value is -1.14. The first kappa shape index (κ1) is 21.2. The van der Waals surface area contributed by atoms with Gasteiger partial charge in [-0.25, -0.2) is 0 Å². The highest BCUT2D eigenvalue weighted by molar-refractivity contribution is 5.30. The first-order valence-corrected chi connectivity index (χ1v) is 13.7. The molecule has 7 fully saturated rings. The van der Waals surface area contributed by atoms with Gasteiger partial charge in [0.1, 0.15) is 5.75 Å². The normalized spacial score (nSPS) is 48.6. The van der Waals surface area contributed by atoms with Crippen molar-refractivity contribution in [3.8, 4) is 5.75 Å². The molecule has 4 bridgehead atoms. The molecule has 1 aromatic rings. The predicted molar refractivity (Wildman–Crippen MR) is 124 cm³/mol. The molecule has 0 atom stereocenters. The fourth-order valence-corrected chi connectivity index (χ4v) is 8.40. The van der Waals surface area contributed by atoms with Gasteiger partial charge in [-0.2, -0.15) is 9.78 Å². The van der Waals surface area contributed by atoms with Gasteiger partial charge in [-0.05, 0) is 106 Å². The molecule has 1 heterocycles. The van der Waals surface area contributed by atoms with Crippen LogP contribution < -0.4 is 10.5 Å². The number of hydrogen-bond donors (Lipinski definition) is 1. The van der Waals surface area contributed by atoms with E-state index < -0.39 is 11.6 Å². The van der Waals surface area contributed by atoms with Gasteiger partial charge < -0.3 is 15.2 Å². The fourth-order valence-electron chi connectivity index (χ4n) is 8.40. The molecule has 7 aliphatic rings. The summed E-state index contributed by atoms with van der Waals surface area (Å²) in [7, 11) is 0. The SMILES string of the molecule is NC1CCC(Oc2ccc([C@H]3CC[C@]4(CC3)OO[C@]3(O4)C4CC5CC(C4)CC3C5)cc2)CC1. The molecule has 0 unspecified atom stereocenters. The van der Waals surface area contributed by atoms with E-state index in [4.69, 9.17) is 25.0 Å². The molecule has 8 rings (SSSR count). The molecule has 33 heavy (non-hydrogen) atoms. The second-order valence-corrected chi connectivity index (χ2v) is 12.2. The molecule has 5 heteroatoms. The molecule has 2 spiro atoms. The Morgan fingerprint density at radius 1 is 0.758 bits per heavy atom. The molecular weight excluding hydrogens is 414 g/mol. The van der Waals surface area contributed by atoms with Crippen LogP contribution in [0.1, 0.15) is 95.0 Å². The van der Waals surface area contributed by atoms with Crippen LogP contribution in [0.4, 0.5) is 0 Å². The molecule has 6 aliphatic carbocycles. The third-order valence-electron chi connectivity index (χ3n) is 10.1. The van der Waals surface area contributed by atoms with Crippen LogP contribution in [0.25, 0.3) is 0 Å². The zero-order valence-corrected chi connectivity index (χ0v) is 19.8. The van der Waals surface area contributed by atoms with Crippen LogP contribution in [0.2, 0.25) is 0 Å². The fraction of sp³-hybridized carbons (Fsp3) is 0.786. The van der Waals surface area contributed by atoms with Gasteiger partial charge in [-0.1, -0.05) is 12.1 Å². The van der Waals surface area contributed by atoms with E-state index in [0.29, 0.717) is 29.9 Å². The van der Waals surface area contributed by atoms with Gasteiger partial charge in [0.05, 0.1) is 6.10 Å². The van der Waals surface area contributed by atoms with Gasteiger partial charge in [-0.3, -0.25) is 0 Å². The Morgan fingerprint density at radius 2 is 1.39 bits per heavy atom. The summed E-state index contributed by atoms with van der Waals surface area (Å²) in [5.41, 5.74) is 7.43. The first-order valence-electron chi connectivity index (χ1n) is 13.7. The number of hydrogen-bond acceptors (Lipinski definition) is 5. The highest BCUT2D eigenvalue weighted by Gasteiger charge is 2.66. The van der Waals surface area contributed by atoms with E-state index in [0.717, 1.165) is 69.0 Å². The minimum absolute atomic E-state index is 0.319. The lowest BCUT2D eigenvalue weighted by Crippen LogP contribution is -2.59. The van der Waals surface area contributed by atoms with Crippen LogP contribution in [0.15, 0.2) is 24.3 Å². The topological polar surface area (TPSA) is 62.9 Å². The summed E-state index contributed by atoms with van der Waals surface area (Å²) in [6.45, 7) is 0. The number of nitrogens with two attached hydrogens (primary N) is 1. The van der Waals surface area contributed by atoms with Crippen molar-refractivity contribution >= 4 is 0 Å². The van der Waals surface area contributed by atoms with Crippen molar-refractivity contribution in [1.29, 1.82) is 0 Å². The maximum absolute atomic E-state index is 6.88. The molecule has 1 aromatic carbocycles. The second kappa shape index (κ2) is 7.94. The van der Waals surface area contributed by atoms with Crippen LogP contribution in [0, 0.1) is 23.7 Å². The number of benzene rings is 1. The van der Waals surface area contributed by atoms with Crippen LogP contribution in [-0.4, -0.2) is 23.7 Å². The van der Waals surface area contributed by atoms with E-state index in [1.54, 1.807) is 0 Å². The van der Waals surface area contributed by atoms with E-state index in [1.807, 2.05) is 0 Å². The molecular formula is C28H39NO4. The average Bonchev–Trinajstić information content (AvgIpc) is 3.20. The summed E-state index contributed by atoms with van der Waals surface area (Å²) in [6, 6.07) is 9.20. The van der Waals surface area contributed by atoms with Crippen LogP contribution in [0.3, 0.4) is 0 Å². The minimum atomic E-state index is -0.517. The lowest BCUT2D eigenvalue weighted by Gasteiger charge is -2.57. The summed E-state index contributed by atoms with van der Waals surface area (Å²) in [4.78, 5) is 12.3. The largest absolute Gasteiger partial charge is 0.490 e.